The summed E-state index contributed by atoms with van der Waals surface area (Å²) in [6.45, 7) is 8.52. The number of fused-ring (bicyclic) bond motifs is 2. The van der Waals surface area contributed by atoms with E-state index in [0.717, 1.165) is 16.9 Å². The predicted octanol–water partition coefficient (Wildman–Crippen LogP) is 3.26. The highest BCUT2D eigenvalue weighted by Crippen LogP contribution is 2.48. The van der Waals surface area contributed by atoms with Crippen LogP contribution >= 0.6 is 11.6 Å². The van der Waals surface area contributed by atoms with Gasteiger partial charge in [0.1, 0.15) is 0 Å². The van der Waals surface area contributed by atoms with E-state index in [0.29, 0.717) is 11.6 Å². The Morgan fingerprint density at radius 3 is 2.95 bits per heavy atom. The SMILES string of the molecule is CC1(C)C2CNCC2CN1C1CCc2cc(Cl)ccc21. The molecule has 1 aromatic rings. The molecule has 2 aliphatic heterocycles. The summed E-state index contributed by atoms with van der Waals surface area (Å²) < 4.78 is 0. The minimum atomic E-state index is 0.306. The van der Waals surface area contributed by atoms with Crippen molar-refractivity contribution >= 4 is 11.6 Å². The average Bonchev–Trinajstić information content (AvgIpc) is 3.05. The zero-order valence-corrected chi connectivity index (χ0v) is 13.1. The number of halogens is 1. The van der Waals surface area contributed by atoms with E-state index in [2.05, 4.69) is 42.3 Å². The first-order valence-corrected chi connectivity index (χ1v) is 8.21. The molecule has 2 nitrogen and oxygen atoms in total. The highest BCUT2D eigenvalue weighted by atomic mass is 35.5. The highest BCUT2D eigenvalue weighted by molar-refractivity contribution is 6.30. The summed E-state index contributed by atoms with van der Waals surface area (Å²) in [6.07, 6.45) is 2.44. The fraction of sp³-hybridized carbons (Fsp3) is 0.647. The van der Waals surface area contributed by atoms with E-state index in [1.165, 1.54) is 43.6 Å². The van der Waals surface area contributed by atoms with Crippen LogP contribution in [-0.2, 0) is 6.42 Å². The smallest absolute Gasteiger partial charge is 0.0408 e. The molecule has 0 saturated carbocycles. The second kappa shape index (κ2) is 4.46. The van der Waals surface area contributed by atoms with Crippen molar-refractivity contribution in [2.75, 3.05) is 19.6 Å². The third-order valence-corrected chi connectivity index (χ3v) is 6.18. The van der Waals surface area contributed by atoms with Gasteiger partial charge in [-0.25, -0.2) is 0 Å². The van der Waals surface area contributed by atoms with Crippen LogP contribution in [0.3, 0.4) is 0 Å². The number of nitrogens with zero attached hydrogens (tertiary/aromatic N) is 1. The Morgan fingerprint density at radius 2 is 2.15 bits per heavy atom. The number of benzene rings is 1. The quantitative estimate of drug-likeness (QED) is 0.854. The van der Waals surface area contributed by atoms with Crippen LogP contribution in [0.1, 0.15) is 37.4 Å². The molecule has 3 heteroatoms. The molecule has 3 unspecified atom stereocenters. The molecule has 3 atom stereocenters. The van der Waals surface area contributed by atoms with Gasteiger partial charge in [-0.05, 0) is 68.3 Å². The van der Waals surface area contributed by atoms with Crippen molar-refractivity contribution in [1.82, 2.24) is 10.2 Å². The van der Waals surface area contributed by atoms with Crippen LogP contribution in [0.4, 0.5) is 0 Å². The molecular formula is C17H23ClN2. The van der Waals surface area contributed by atoms with Crippen molar-refractivity contribution in [2.24, 2.45) is 11.8 Å². The monoisotopic (exact) mass is 290 g/mol. The summed E-state index contributed by atoms with van der Waals surface area (Å²) in [5, 5.41) is 4.45. The maximum atomic E-state index is 6.14. The normalized spacial score (nSPS) is 35.2. The van der Waals surface area contributed by atoms with Crippen molar-refractivity contribution in [3.05, 3.63) is 34.3 Å². The third-order valence-electron chi connectivity index (χ3n) is 5.95. The summed E-state index contributed by atoms with van der Waals surface area (Å²) in [5.41, 5.74) is 3.30. The Labute approximate surface area is 126 Å². The molecule has 1 N–H and O–H groups in total. The number of nitrogens with one attached hydrogen (secondary N) is 1. The average molecular weight is 291 g/mol. The van der Waals surface area contributed by atoms with Crippen LogP contribution in [0.2, 0.25) is 5.02 Å². The lowest BCUT2D eigenvalue weighted by Crippen LogP contribution is -2.45. The number of hydrogen-bond acceptors (Lipinski definition) is 2. The maximum Gasteiger partial charge on any atom is 0.0408 e. The molecule has 0 spiro atoms. The molecule has 0 bridgehead atoms. The van der Waals surface area contributed by atoms with Gasteiger partial charge in [-0.2, -0.15) is 0 Å². The summed E-state index contributed by atoms with van der Waals surface area (Å²) in [7, 11) is 0. The van der Waals surface area contributed by atoms with Gasteiger partial charge in [0.25, 0.3) is 0 Å². The van der Waals surface area contributed by atoms with E-state index in [1.807, 2.05) is 0 Å². The Balaban J connectivity index is 1.67. The van der Waals surface area contributed by atoms with Gasteiger partial charge in [-0.15, -0.1) is 0 Å². The maximum absolute atomic E-state index is 6.14. The van der Waals surface area contributed by atoms with Crippen molar-refractivity contribution < 1.29 is 0 Å². The zero-order valence-electron chi connectivity index (χ0n) is 12.3. The predicted molar refractivity (Wildman–Crippen MR) is 83.1 cm³/mol. The van der Waals surface area contributed by atoms with Gasteiger partial charge in [0.15, 0.2) is 0 Å². The molecule has 1 aliphatic carbocycles. The van der Waals surface area contributed by atoms with Gasteiger partial charge >= 0.3 is 0 Å². The molecule has 1 aromatic carbocycles. The van der Waals surface area contributed by atoms with Crippen molar-refractivity contribution in [1.29, 1.82) is 0 Å². The first-order valence-electron chi connectivity index (χ1n) is 7.83. The van der Waals surface area contributed by atoms with E-state index in [-0.39, 0.29) is 0 Å². The van der Waals surface area contributed by atoms with Crippen molar-refractivity contribution in [3.8, 4) is 0 Å². The lowest BCUT2D eigenvalue weighted by atomic mass is 9.84. The number of likely N-dealkylation sites (tertiary alicyclic amines) is 1. The molecule has 0 amide bonds. The molecule has 0 aromatic heterocycles. The topological polar surface area (TPSA) is 15.3 Å². The van der Waals surface area contributed by atoms with E-state index >= 15 is 0 Å². The van der Waals surface area contributed by atoms with E-state index < -0.39 is 0 Å². The van der Waals surface area contributed by atoms with Crippen molar-refractivity contribution in [3.63, 3.8) is 0 Å². The lowest BCUT2D eigenvalue weighted by Gasteiger charge is -2.40. The lowest BCUT2D eigenvalue weighted by molar-refractivity contribution is 0.0888. The highest BCUT2D eigenvalue weighted by Gasteiger charge is 2.52. The van der Waals surface area contributed by atoms with Gasteiger partial charge < -0.3 is 5.32 Å². The van der Waals surface area contributed by atoms with Gasteiger partial charge in [0.2, 0.25) is 0 Å². The van der Waals surface area contributed by atoms with Gasteiger partial charge in [0, 0.05) is 29.7 Å². The molecule has 2 heterocycles. The van der Waals surface area contributed by atoms with Gasteiger partial charge in [-0.3, -0.25) is 4.90 Å². The number of hydrogen-bond donors (Lipinski definition) is 1. The fourth-order valence-corrected chi connectivity index (χ4v) is 5.06. The van der Waals surface area contributed by atoms with Crippen LogP contribution in [0.15, 0.2) is 18.2 Å². The van der Waals surface area contributed by atoms with Crippen LogP contribution in [0.5, 0.6) is 0 Å². The first-order chi connectivity index (χ1) is 9.57. The Kier molecular flexibility index (Phi) is 2.93. The second-order valence-corrected chi connectivity index (χ2v) is 7.66. The first kappa shape index (κ1) is 13.1. The van der Waals surface area contributed by atoms with E-state index in [9.17, 15) is 0 Å². The Hall–Kier alpha value is -0.570. The van der Waals surface area contributed by atoms with E-state index in [1.54, 1.807) is 0 Å². The largest absolute Gasteiger partial charge is 0.316 e. The number of aryl methyl sites for hydroxylation is 1. The molecule has 2 fully saturated rings. The standard InChI is InChI=1S/C17H23ClN2/c1-17(2)15-9-19-8-12(15)10-20(17)16-6-3-11-7-13(18)4-5-14(11)16/h4-5,7,12,15-16,19H,3,6,8-10H2,1-2H3. The minimum absolute atomic E-state index is 0.306. The summed E-state index contributed by atoms with van der Waals surface area (Å²) in [4.78, 5) is 2.78. The molecule has 0 radical (unpaired) electrons. The second-order valence-electron chi connectivity index (χ2n) is 7.23. The van der Waals surface area contributed by atoms with Crippen LogP contribution in [-0.4, -0.2) is 30.1 Å². The summed E-state index contributed by atoms with van der Waals surface area (Å²) in [5.74, 6) is 1.64. The van der Waals surface area contributed by atoms with Crippen LogP contribution in [0, 0.1) is 11.8 Å². The van der Waals surface area contributed by atoms with Gasteiger partial charge in [-0.1, -0.05) is 17.7 Å². The molecule has 108 valence electrons. The minimum Gasteiger partial charge on any atom is -0.316 e. The molecule has 2 saturated heterocycles. The summed E-state index contributed by atoms with van der Waals surface area (Å²) >= 11 is 6.14. The van der Waals surface area contributed by atoms with Crippen LogP contribution < -0.4 is 5.32 Å². The molecular weight excluding hydrogens is 268 g/mol. The van der Waals surface area contributed by atoms with Gasteiger partial charge in [0.05, 0.1) is 0 Å². The van der Waals surface area contributed by atoms with Crippen molar-refractivity contribution in [2.45, 2.75) is 38.3 Å². The fourth-order valence-electron chi connectivity index (χ4n) is 4.87. The Morgan fingerprint density at radius 1 is 1.30 bits per heavy atom. The van der Waals surface area contributed by atoms with Crippen LogP contribution in [0.25, 0.3) is 0 Å². The molecule has 3 aliphatic rings. The summed E-state index contributed by atoms with van der Waals surface area (Å²) in [6, 6.07) is 7.09. The zero-order chi connectivity index (χ0) is 13.9. The number of rotatable bonds is 1. The Bertz CT molecular complexity index is 540. The molecule has 20 heavy (non-hydrogen) atoms. The molecule has 4 rings (SSSR count). The van der Waals surface area contributed by atoms with E-state index in [4.69, 9.17) is 11.6 Å². The third kappa shape index (κ3) is 1.78.